The second-order valence-corrected chi connectivity index (χ2v) is 4.71. The molecule has 1 saturated heterocycles. The van der Waals surface area contributed by atoms with Gasteiger partial charge in [0.15, 0.2) is 5.84 Å². The minimum atomic E-state index is -1.06. The van der Waals surface area contributed by atoms with E-state index < -0.39 is 5.41 Å². The van der Waals surface area contributed by atoms with Gasteiger partial charge in [0.25, 0.3) is 0 Å². The highest BCUT2D eigenvalue weighted by molar-refractivity contribution is 6.07. The molecule has 1 rings (SSSR count). The standard InChI is InChI=1S/C11H20N4O3/c1-4-11(2,9(12)13-18)10(17)15-6-5-14(3)8(16)7-15/h18H,4-7H2,1-3H3,(H2,12,13). The number of nitrogens with zero attached hydrogens (tertiary/aromatic N) is 3. The average Bonchev–Trinajstić information content (AvgIpc) is 2.39. The van der Waals surface area contributed by atoms with Gasteiger partial charge < -0.3 is 20.7 Å². The Balaban J connectivity index is 2.89. The van der Waals surface area contributed by atoms with Crippen LogP contribution in [0.25, 0.3) is 0 Å². The number of carbonyl (C=O) groups excluding carboxylic acids is 2. The van der Waals surface area contributed by atoms with Crippen molar-refractivity contribution in [2.75, 3.05) is 26.7 Å². The van der Waals surface area contributed by atoms with E-state index in [1.165, 1.54) is 4.90 Å². The Bertz CT molecular complexity index is 382. The minimum Gasteiger partial charge on any atom is -0.409 e. The van der Waals surface area contributed by atoms with Gasteiger partial charge in [-0.25, -0.2) is 0 Å². The summed E-state index contributed by atoms with van der Waals surface area (Å²) in [4.78, 5) is 27.0. The summed E-state index contributed by atoms with van der Waals surface area (Å²) in [6.45, 7) is 4.42. The fourth-order valence-corrected chi connectivity index (χ4v) is 1.83. The first-order chi connectivity index (χ1) is 8.36. The van der Waals surface area contributed by atoms with E-state index in [0.717, 1.165) is 0 Å². The molecule has 1 unspecified atom stereocenters. The summed E-state index contributed by atoms with van der Waals surface area (Å²) in [5.74, 6) is -0.504. The number of amidine groups is 1. The van der Waals surface area contributed by atoms with Gasteiger partial charge in [0, 0.05) is 20.1 Å². The second-order valence-electron chi connectivity index (χ2n) is 4.71. The highest BCUT2D eigenvalue weighted by atomic mass is 16.4. The Morgan fingerprint density at radius 2 is 2.17 bits per heavy atom. The zero-order valence-corrected chi connectivity index (χ0v) is 11.0. The van der Waals surface area contributed by atoms with Gasteiger partial charge in [-0.2, -0.15) is 0 Å². The van der Waals surface area contributed by atoms with Crippen LogP contribution in [0, 0.1) is 5.41 Å². The predicted octanol–water partition coefficient (Wildman–Crippen LogP) is -0.550. The molecule has 0 aromatic rings. The van der Waals surface area contributed by atoms with Gasteiger partial charge in [-0.15, -0.1) is 0 Å². The molecule has 102 valence electrons. The number of oxime groups is 1. The van der Waals surface area contributed by atoms with Crippen LogP contribution in [0.2, 0.25) is 0 Å². The van der Waals surface area contributed by atoms with Gasteiger partial charge in [0.1, 0.15) is 5.41 Å². The largest absolute Gasteiger partial charge is 0.409 e. The van der Waals surface area contributed by atoms with Crippen molar-refractivity contribution in [2.24, 2.45) is 16.3 Å². The van der Waals surface area contributed by atoms with Gasteiger partial charge in [-0.1, -0.05) is 12.1 Å². The van der Waals surface area contributed by atoms with Crippen LogP contribution in [0.5, 0.6) is 0 Å². The van der Waals surface area contributed by atoms with Crippen molar-refractivity contribution in [1.29, 1.82) is 0 Å². The molecule has 0 aromatic carbocycles. The summed E-state index contributed by atoms with van der Waals surface area (Å²) in [6, 6.07) is 0. The van der Waals surface area contributed by atoms with Crippen LogP contribution in [0.4, 0.5) is 0 Å². The van der Waals surface area contributed by atoms with Crippen LogP contribution in [0.15, 0.2) is 5.16 Å². The predicted molar refractivity (Wildman–Crippen MR) is 66.0 cm³/mol. The lowest BCUT2D eigenvalue weighted by Gasteiger charge is -2.37. The maximum absolute atomic E-state index is 12.4. The molecule has 0 spiro atoms. The third-order valence-corrected chi connectivity index (χ3v) is 3.60. The van der Waals surface area contributed by atoms with E-state index in [-0.39, 0.29) is 24.2 Å². The first-order valence-corrected chi connectivity index (χ1v) is 5.88. The van der Waals surface area contributed by atoms with Gasteiger partial charge in [-0.3, -0.25) is 9.59 Å². The Labute approximate surface area is 106 Å². The Morgan fingerprint density at radius 3 is 2.61 bits per heavy atom. The molecule has 2 amide bonds. The van der Waals surface area contributed by atoms with E-state index in [1.54, 1.807) is 25.8 Å². The maximum Gasteiger partial charge on any atom is 0.241 e. The molecule has 18 heavy (non-hydrogen) atoms. The van der Waals surface area contributed by atoms with Crippen molar-refractivity contribution in [3.05, 3.63) is 0 Å². The number of carbonyl (C=O) groups is 2. The number of amides is 2. The topological polar surface area (TPSA) is 99.2 Å². The van der Waals surface area contributed by atoms with Gasteiger partial charge in [0.05, 0.1) is 6.54 Å². The Kier molecular flexibility index (Phi) is 4.15. The Hall–Kier alpha value is -1.79. The molecule has 3 N–H and O–H groups in total. The van der Waals surface area contributed by atoms with Gasteiger partial charge in [-0.05, 0) is 13.3 Å². The maximum atomic E-state index is 12.4. The molecule has 0 saturated carbocycles. The second kappa shape index (κ2) is 5.24. The Morgan fingerprint density at radius 1 is 1.56 bits per heavy atom. The van der Waals surface area contributed by atoms with E-state index in [9.17, 15) is 9.59 Å². The third-order valence-electron chi connectivity index (χ3n) is 3.60. The van der Waals surface area contributed by atoms with Crippen LogP contribution in [0.3, 0.4) is 0 Å². The van der Waals surface area contributed by atoms with Crippen molar-refractivity contribution in [3.8, 4) is 0 Å². The van der Waals surface area contributed by atoms with Crippen LogP contribution in [0.1, 0.15) is 20.3 Å². The fraction of sp³-hybridized carbons (Fsp3) is 0.727. The van der Waals surface area contributed by atoms with E-state index in [1.807, 2.05) is 0 Å². The first kappa shape index (κ1) is 14.3. The SMILES string of the molecule is CCC(C)(C(=O)N1CCN(C)C(=O)C1)C(N)=NO. The molecular formula is C11H20N4O3. The van der Waals surface area contributed by atoms with E-state index in [2.05, 4.69) is 5.16 Å². The molecule has 0 aromatic heterocycles. The highest BCUT2D eigenvalue weighted by Crippen LogP contribution is 2.25. The van der Waals surface area contributed by atoms with Crippen LogP contribution in [-0.4, -0.2) is 59.3 Å². The fourth-order valence-electron chi connectivity index (χ4n) is 1.83. The summed E-state index contributed by atoms with van der Waals surface area (Å²) in [6.07, 6.45) is 0.405. The van der Waals surface area contributed by atoms with E-state index in [0.29, 0.717) is 19.5 Å². The minimum absolute atomic E-state index is 0.0453. The molecule has 1 aliphatic heterocycles. The number of rotatable bonds is 3. The summed E-state index contributed by atoms with van der Waals surface area (Å²) in [5.41, 5.74) is 4.52. The van der Waals surface area contributed by atoms with E-state index >= 15 is 0 Å². The van der Waals surface area contributed by atoms with Crippen LogP contribution in [-0.2, 0) is 9.59 Å². The molecule has 0 radical (unpaired) electrons. The van der Waals surface area contributed by atoms with Crippen molar-refractivity contribution in [1.82, 2.24) is 9.80 Å². The number of hydrogen-bond donors (Lipinski definition) is 2. The molecule has 7 nitrogen and oxygen atoms in total. The first-order valence-electron chi connectivity index (χ1n) is 5.88. The summed E-state index contributed by atoms with van der Waals surface area (Å²) < 4.78 is 0. The van der Waals surface area contributed by atoms with Crippen molar-refractivity contribution in [2.45, 2.75) is 20.3 Å². The quantitative estimate of drug-likeness (QED) is 0.306. The highest BCUT2D eigenvalue weighted by Gasteiger charge is 2.41. The number of nitrogens with two attached hydrogens (primary N) is 1. The molecule has 0 aliphatic carbocycles. The third kappa shape index (κ3) is 2.39. The lowest BCUT2D eigenvalue weighted by atomic mass is 9.84. The van der Waals surface area contributed by atoms with Crippen LogP contribution < -0.4 is 5.73 Å². The smallest absolute Gasteiger partial charge is 0.241 e. The molecule has 7 heteroatoms. The van der Waals surface area contributed by atoms with Crippen LogP contribution >= 0.6 is 0 Å². The van der Waals surface area contributed by atoms with Crippen molar-refractivity contribution in [3.63, 3.8) is 0 Å². The molecule has 1 atom stereocenters. The number of piperazine rings is 1. The molecule has 1 aliphatic rings. The monoisotopic (exact) mass is 256 g/mol. The van der Waals surface area contributed by atoms with Gasteiger partial charge >= 0.3 is 0 Å². The summed E-state index contributed by atoms with van der Waals surface area (Å²) >= 11 is 0. The number of hydrogen-bond acceptors (Lipinski definition) is 4. The van der Waals surface area contributed by atoms with Gasteiger partial charge in [0.2, 0.25) is 11.8 Å². The zero-order chi connectivity index (χ0) is 13.9. The summed E-state index contributed by atoms with van der Waals surface area (Å²) in [7, 11) is 1.70. The lowest BCUT2D eigenvalue weighted by molar-refractivity contribution is -0.148. The summed E-state index contributed by atoms with van der Waals surface area (Å²) in [5, 5.41) is 11.7. The molecule has 1 heterocycles. The average molecular weight is 256 g/mol. The normalized spacial score (nSPS) is 20.8. The zero-order valence-electron chi connectivity index (χ0n) is 11.0. The molecule has 0 bridgehead atoms. The lowest BCUT2D eigenvalue weighted by Crippen LogP contribution is -2.56. The molecule has 1 fully saturated rings. The van der Waals surface area contributed by atoms with Crippen molar-refractivity contribution >= 4 is 17.6 Å². The number of likely N-dealkylation sites (N-methyl/N-ethyl adjacent to an activating group) is 1. The van der Waals surface area contributed by atoms with E-state index in [4.69, 9.17) is 10.9 Å². The molecular weight excluding hydrogens is 236 g/mol. The van der Waals surface area contributed by atoms with Crippen molar-refractivity contribution < 1.29 is 14.8 Å².